The van der Waals surface area contributed by atoms with E-state index in [1.54, 1.807) is 0 Å². The Labute approximate surface area is 119 Å². The minimum atomic E-state index is -3.79. The van der Waals surface area contributed by atoms with Gasteiger partial charge in [0.2, 0.25) is 10.0 Å². The molecule has 1 aromatic rings. The Morgan fingerprint density at radius 1 is 1.50 bits per heavy atom. The number of aryl methyl sites for hydroxylation is 1. The second kappa shape index (κ2) is 6.25. The van der Waals surface area contributed by atoms with Crippen LogP contribution >= 0.6 is 0 Å². The van der Waals surface area contributed by atoms with Crippen LogP contribution < -0.4 is 10.5 Å². The van der Waals surface area contributed by atoms with Gasteiger partial charge in [-0.2, -0.15) is 0 Å². The van der Waals surface area contributed by atoms with Crippen LogP contribution in [0.4, 0.5) is 10.1 Å². The van der Waals surface area contributed by atoms with E-state index in [2.05, 4.69) is 10.6 Å². The molecule has 0 heterocycles. The van der Waals surface area contributed by atoms with Crippen molar-refractivity contribution in [3.63, 3.8) is 0 Å². The van der Waals surface area contributed by atoms with E-state index in [-0.39, 0.29) is 22.2 Å². The fourth-order valence-corrected chi connectivity index (χ4v) is 3.84. The maximum Gasteiger partial charge on any atom is 0.241 e. The smallest absolute Gasteiger partial charge is 0.241 e. The third-order valence-electron chi connectivity index (χ3n) is 3.15. The minimum absolute atomic E-state index is 0.0203. The summed E-state index contributed by atoms with van der Waals surface area (Å²) in [6.45, 7) is 4.86. The lowest BCUT2D eigenvalue weighted by molar-refractivity contribution is 0.542. The van der Waals surface area contributed by atoms with Crippen LogP contribution in [0.1, 0.15) is 30.9 Å². The maximum atomic E-state index is 13.5. The minimum Gasteiger partial charge on any atom is -0.396 e. The standard InChI is InChI=1S/C14H19FN2O2S/c1-5-7-11(6-2)17-20(18,19)14-9(3)8-12(15)13(16)10(14)4/h1,8,11,17H,6-7,16H2,2-4H3. The van der Waals surface area contributed by atoms with Gasteiger partial charge in [0.25, 0.3) is 0 Å². The number of hydrogen-bond donors (Lipinski definition) is 2. The highest BCUT2D eigenvalue weighted by Crippen LogP contribution is 2.27. The molecule has 0 bridgehead atoms. The molecule has 6 heteroatoms. The fraction of sp³-hybridized carbons (Fsp3) is 0.429. The molecule has 3 N–H and O–H groups in total. The fourth-order valence-electron chi connectivity index (χ4n) is 2.03. The summed E-state index contributed by atoms with van der Waals surface area (Å²) in [6.07, 6.45) is 6.08. The zero-order valence-corrected chi connectivity index (χ0v) is 12.6. The summed E-state index contributed by atoms with van der Waals surface area (Å²) in [5.41, 5.74) is 5.95. The van der Waals surface area contributed by atoms with Gasteiger partial charge in [0.05, 0.1) is 10.6 Å². The summed E-state index contributed by atoms with van der Waals surface area (Å²) in [6, 6.07) is 0.772. The first-order chi connectivity index (χ1) is 9.24. The molecule has 0 fully saturated rings. The largest absolute Gasteiger partial charge is 0.396 e. The molecule has 4 nitrogen and oxygen atoms in total. The first-order valence-corrected chi connectivity index (χ1v) is 7.73. The van der Waals surface area contributed by atoms with Gasteiger partial charge in [0.15, 0.2) is 0 Å². The van der Waals surface area contributed by atoms with Gasteiger partial charge in [-0.05, 0) is 37.5 Å². The van der Waals surface area contributed by atoms with Crippen molar-refractivity contribution >= 4 is 15.7 Å². The molecular weight excluding hydrogens is 279 g/mol. The number of rotatable bonds is 5. The van der Waals surface area contributed by atoms with Gasteiger partial charge in [-0.15, -0.1) is 12.3 Å². The molecule has 1 atom stereocenters. The summed E-state index contributed by atoms with van der Waals surface area (Å²) in [5, 5.41) is 0. The Balaban J connectivity index is 3.30. The monoisotopic (exact) mass is 298 g/mol. The number of benzene rings is 1. The zero-order valence-electron chi connectivity index (χ0n) is 11.8. The van der Waals surface area contributed by atoms with Crippen molar-refractivity contribution < 1.29 is 12.8 Å². The van der Waals surface area contributed by atoms with Gasteiger partial charge < -0.3 is 5.73 Å². The molecule has 0 saturated carbocycles. The predicted octanol–water partition coefficient (Wildman–Crippen LogP) is 2.10. The number of sulfonamides is 1. The SMILES string of the molecule is C#CCC(CC)NS(=O)(=O)c1c(C)cc(F)c(N)c1C. The van der Waals surface area contributed by atoms with Crippen LogP contribution in [0.3, 0.4) is 0 Å². The average molecular weight is 298 g/mol. The number of nitrogens with one attached hydrogen (secondary N) is 1. The van der Waals surface area contributed by atoms with Gasteiger partial charge >= 0.3 is 0 Å². The number of hydrogen-bond acceptors (Lipinski definition) is 3. The van der Waals surface area contributed by atoms with E-state index in [4.69, 9.17) is 12.2 Å². The van der Waals surface area contributed by atoms with Gasteiger partial charge in [0.1, 0.15) is 5.82 Å². The van der Waals surface area contributed by atoms with E-state index in [0.29, 0.717) is 18.4 Å². The molecule has 110 valence electrons. The molecule has 0 saturated heterocycles. The molecule has 0 radical (unpaired) electrons. The van der Waals surface area contributed by atoms with Crippen LogP contribution in [0.25, 0.3) is 0 Å². The van der Waals surface area contributed by atoms with Crippen LogP contribution in [-0.4, -0.2) is 14.5 Å². The molecular formula is C14H19FN2O2S. The summed E-state index contributed by atoms with van der Waals surface area (Å²) in [7, 11) is -3.79. The Kier molecular flexibility index (Phi) is 5.15. The quantitative estimate of drug-likeness (QED) is 0.646. The predicted molar refractivity (Wildman–Crippen MR) is 78.1 cm³/mol. The molecule has 0 spiro atoms. The first-order valence-electron chi connectivity index (χ1n) is 6.25. The molecule has 1 aromatic carbocycles. The molecule has 0 aliphatic carbocycles. The highest BCUT2D eigenvalue weighted by molar-refractivity contribution is 7.89. The van der Waals surface area contributed by atoms with Crippen molar-refractivity contribution in [3.05, 3.63) is 23.0 Å². The number of nitrogens with two attached hydrogens (primary N) is 1. The van der Waals surface area contributed by atoms with Crippen molar-refractivity contribution in [1.82, 2.24) is 4.72 Å². The molecule has 0 aliphatic rings. The Hall–Kier alpha value is -1.58. The van der Waals surface area contributed by atoms with Crippen molar-refractivity contribution in [2.24, 2.45) is 0 Å². The number of nitrogen functional groups attached to an aromatic ring is 1. The van der Waals surface area contributed by atoms with Crippen molar-refractivity contribution in [3.8, 4) is 12.3 Å². The van der Waals surface area contributed by atoms with Gasteiger partial charge in [-0.25, -0.2) is 17.5 Å². The van der Waals surface area contributed by atoms with E-state index in [1.165, 1.54) is 13.8 Å². The van der Waals surface area contributed by atoms with Gasteiger partial charge in [0, 0.05) is 12.5 Å². The molecule has 1 unspecified atom stereocenters. The van der Waals surface area contributed by atoms with E-state index in [0.717, 1.165) is 6.07 Å². The highest BCUT2D eigenvalue weighted by atomic mass is 32.2. The van der Waals surface area contributed by atoms with Crippen LogP contribution in [-0.2, 0) is 10.0 Å². The van der Waals surface area contributed by atoms with Crippen LogP contribution in [0.15, 0.2) is 11.0 Å². The summed E-state index contributed by atoms with van der Waals surface area (Å²) in [4.78, 5) is 0.0203. The highest BCUT2D eigenvalue weighted by Gasteiger charge is 2.25. The van der Waals surface area contributed by atoms with E-state index >= 15 is 0 Å². The topological polar surface area (TPSA) is 72.2 Å². The zero-order chi connectivity index (χ0) is 15.5. The van der Waals surface area contributed by atoms with Crippen molar-refractivity contribution in [2.75, 3.05) is 5.73 Å². The van der Waals surface area contributed by atoms with Gasteiger partial charge in [-0.3, -0.25) is 0 Å². The van der Waals surface area contributed by atoms with E-state index < -0.39 is 15.8 Å². The third-order valence-corrected chi connectivity index (χ3v) is 4.96. The van der Waals surface area contributed by atoms with Crippen LogP contribution in [0.2, 0.25) is 0 Å². The maximum absolute atomic E-state index is 13.5. The summed E-state index contributed by atoms with van der Waals surface area (Å²) < 4.78 is 40.9. The lowest BCUT2D eigenvalue weighted by atomic mass is 10.1. The van der Waals surface area contributed by atoms with E-state index in [9.17, 15) is 12.8 Å². The average Bonchev–Trinajstić information content (AvgIpc) is 2.34. The molecule has 20 heavy (non-hydrogen) atoms. The first kappa shape index (κ1) is 16.5. The Morgan fingerprint density at radius 3 is 2.60 bits per heavy atom. The van der Waals surface area contributed by atoms with Crippen molar-refractivity contribution in [2.45, 2.75) is 44.6 Å². The van der Waals surface area contributed by atoms with E-state index in [1.807, 2.05) is 6.92 Å². The van der Waals surface area contributed by atoms with Crippen LogP contribution in [0, 0.1) is 32.0 Å². The second-order valence-corrected chi connectivity index (χ2v) is 6.33. The lowest BCUT2D eigenvalue weighted by Crippen LogP contribution is -2.35. The normalized spacial score (nSPS) is 12.9. The van der Waals surface area contributed by atoms with Gasteiger partial charge in [-0.1, -0.05) is 6.92 Å². The Bertz CT molecular complexity index is 648. The molecule has 1 rings (SSSR count). The molecule has 0 aliphatic heterocycles. The number of halogens is 1. The van der Waals surface area contributed by atoms with Crippen LogP contribution in [0.5, 0.6) is 0 Å². The second-order valence-electron chi connectivity index (χ2n) is 4.68. The Morgan fingerprint density at radius 2 is 2.10 bits per heavy atom. The third kappa shape index (κ3) is 3.30. The summed E-state index contributed by atoms with van der Waals surface area (Å²) in [5.74, 6) is 1.81. The molecule has 0 aromatic heterocycles. The molecule has 0 amide bonds. The summed E-state index contributed by atoms with van der Waals surface area (Å²) >= 11 is 0. The number of terminal acetylenes is 1. The van der Waals surface area contributed by atoms with Crippen molar-refractivity contribution in [1.29, 1.82) is 0 Å². The lowest BCUT2D eigenvalue weighted by Gasteiger charge is -2.18. The number of anilines is 1.